The van der Waals surface area contributed by atoms with E-state index in [2.05, 4.69) is 13.8 Å². The van der Waals surface area contributed by atoms with Crippen LogP contribution in [0.2, 0.25) is 0 Å². The van der Waals surface area contributed by atoms with Gasteiger partial charge in [-0.3, -0.25) is 0 Å². The van der Waals surface area contributed by atoms with Crippen LogP contribution in [0.4, 0.5) is 0 Å². The van der Waals surface area contributed by atoms with E-state index in [1.807, 2.05) is 43.3 Å². The topological polar surface area (TPSA) is 35.2 Å². The van der Waals surface area contributed by atoms with Crippen molar-refractivity contribution < 1.29 is 4.74 Å². The van der Waals surface area contributed by atoms with E-state index < -0.39 is 0 Å². The molecule has 2 heteroatoms. The lowest BCUT2D eigenvalue weighted by Crippen LogP contribution is -2.30. The lowest BCUT2D eigenvalue weighted by Gasteiger charge is -2.23. The molecule has 0 fully saturated rings. The molecule has 0 heterocycles. The van der Waals surface area contributed by atoms with Crippen LogP contribution in [-0.2, 0) is 0 Å². The SMILES string of the molecule is CC=Cc1ccccc1OCC(C)(C)CN. The molecular weight excluding hydrogens is 198 g/mol. The molecule has 1 rings (SSSR count). The smallest absolute Gasteiger partial charge is 0.126 e. The lowest BCUT2D eigenvalue weighted by molar-refractivity contribution is 0.187. The highest BCUT2D eigenvalue weighted by Gasteiger charge is 2.16. The first-order chi connectivity index (χ1) is 7.59. The fourth-order valence-electron chi connectivity index (χ4n) is 1.26. The summed E-state index contributed by atoms with van der Waals surface area (Å²) >= 11 is 0. The molecule has 0 saturated carbocycles. The molecule has 0 aliphatic carbocycles. The van der Waals surface area contributed by atoms with Gasteiger partial charge in [0, 0.05) is 17.5 Å². The summed E-state index contributed by atoms with van der Waals surface area (Å²) in [5, 5.41) is 0. The highest BCUT2D eigenvalue weighted by atomic mass is 16.5. The van der Waals surface area contributed by atoms with Gasteiger partial charge < -0.3 is 10.5 Å². The summed E-state index contributed by atoms with van der Waals surface area (Å²) in [4.78, 5) is 0. The van der Waals surface area contributed by atoms with Crippen molar-refractivity contribution in [2.75, 3.05) is 13.2 Å². The molecule has 0 unspecified atom stereocenters. The minimum absolute atomic E-state index is 0.0169. The quantitative estimate of drug-likeness (QED) is 0.826. The zero-order chi connectivity index (χ0) is 12.0. The van der Waals surface area contributed by atoms with Crippen LogP contribution in [-0.4, -0.2) is 13.2 Å². The third-order valence-corrected chi connectivity index (χ3v) is 2.44. The molecule has 16 heavy (non-hydrogen) atoms. The van der Waals surface area contributed by atoms with Crippen molar-refractivity contribution in [3.05, 3.63) is 35.9 Å². The first kappa shape index (κ1) is 12.8. The average Bonchev–Trinajstić information content (AvgIpc) is 2.28. The second-order valence-electron chi connectivity index (χ2n) is 4.69. The third-order valence-electron chi connectivity index (χ3n) is 2.44. The largest absolute Gasteiger partial charge is 0.492 e. The van der Waals surface area contributed by atoms with E-state index in [-0.39, 0.29) is 5.41 Å². The van der Waals surface area contributed by atoms with Crippen molar-refractivity contribution in [3.8, 4) is 5.75 Å². The van der Waals surface area contributed by atoms with E-state index >= 15 is 0 Å². The predicted molar refractivity (Wildman–Crippen MR) is 69.5 cm³/mol. The van der Waals surface area contributed by atoms with Crippen LogP contribution in [0.25, 0.3) is 6.08 Å². The van der Waals surface area contributed by atoms with Crippen LogP contribution in [0.3, 0.4) is 0 Å². The molecule has 1 aromatic carbocycles. The third kappa shape index (κ3) is 3.70. The van der Waals surface area contributed by atoms with Crippen molar-refractivity contribution in [1.82, 2.24) is 0 Å². The molecule has 0 spiro atoms. The molecule has 88 valence electrons. The second kappa shape index (κ2) is 5.71. The Morgan fingerprint density at radius 3 is 2.62 bits per heavy atom. The number of benzene rings is 1. The minimum Gasteiger partial charge on any atom is -0.492 e. The molecule has 0 aliphatic rings. The molecule has 0 amide bonds. The Hall–Kier alpha value is -1.28. The van der Waals surface area contributed by atoms with Gasteiger partial charge in [-0.2, -0.15) is 0 Å². The molecule has 0 radical (unpaired) electrons. The van der Waals surface area contributed by atoms with Gasteiger partial charge in [0.05, 0.1) is 6.61 Å². The highest BCUT2D eigenvalue weighted by Crippen LogP contribution is 2.22. The minimum atomic E-state index is 0.0169. The number of nitrogens with two attached hydrogens (primary N) is 1. The fraction of sp³-hybridized carbons (Fsp3) is 0.429. The molecule has 0 aliphatic heterocycles. The van der Waals surface area contributed by atoms with E-state index in [1.165, 1.54) is 0 Å². The van der Waals surface area contributed by atoms with Gasteiger partial charge in [0.25, 0.3) is 0 Å². The second-order valence-corrected chi connectivity index (χ2v) is 4.69. The molecule has 2 nitrogen and oxygen atoms in total. The van der Waals surface area contributed by atoms with Crippen LogP contribution in [0.15, 0.2) is 30.3 Å². The zero-order valence-electron chi connectivity index (χ0n) is 10.4. The number of para-hydroxylation sites is 1. The van der Waals surface area contributed by atoms with Gasteiger partial charge in [-0.05, 0) is 13.0 Å². The van der Waals surface area contributed by atoms with Crippen molar-refractivity contribution in [3.63, 3.8) is 0 Å². The Labute approximate surface area is 98.1 Å². The van der Waals surface area contributed by atoms with Gasteiger partial charge in [-0.1, -0.05) is 44.2 Å². The lowest BCUT2D eigenvalue weighted by atomic mass is 9.95. The summed E-state index contributed by atoms with van der Waals surface area (Å²) in [6, 6.07) is 8.03. The fourth-order valence-corrected chi connectivity index (χ4v) is 1.26. The monoisotopic (exact) mass is 219 g/mol. The van der Waals surface area contributed by atoms with Crippen LogP contribution in [0.1, 0.15) is 26.3 Å². The first-order valence-corrected chi connectivity index (χ1v) is 5.63. The van der Waals surface area contributed by atoms with E-state index in [4.69, 9.17) is 10.5 Å². The normalized spacial score (nSPS) is 12.0. The van der Waals surface area contributed by atoms with Gasteiger partial charge in [-0.25, -0.2) is 0 Å². The van der Waals surface area contributed by atoms with Gasteiger partial charge in [-0.15, -0.1) is 0 Å². The highest BCUT2D eigenvalue weighted by molar-refractivity contribution is 5.56. The average molecular weight is 219 g/mol. The molecular formula is C14H21NO. The molecule has 0 saturated heterocycles. The Morgan fingerprint density at radius 1 is 1.31 bits per heavy atom. The molecule has 0 bridgehead atoms. The Balaban J connectivity index is 2.73. The molecule has 1 aromatic rings. The molecule has 0 atom stereocenters. The summed E-state index contributed by atoms with van der Waals surface area (Å²) in [6.07, 6.45) is 4.06. The summed E-state index contributed by atoms with van der Waals surface area (Å²) in [5.41, 5.74) is 6.80. The molecule has 2 N–H and O–H groups in total. The molecule has 0 aromatic heterocycles. The maximum atomic E-state index is 5.81. The summed E-state index contributed by atoms with van der Waals surface area (Å²) in [6.45, 7) is 7.47. The number of ether oxygens (including phenoxy) is 1. The van der Waals surface area contributed by atoms with Gasteiger partial charge in [0.15, 0.2) is 0 Å². The van der Waals surface area contributed by atoms with Crippen LogP contribution >= 0.6 is 0 Å². The maximum absolute atomic E-state index is 5.81. The van der Waals surface area contributed by atoms with Crippen LogP contribution < -0.4 is 10.5 Å². The maximum Gasteiger partial charge on any atom is 0.126 e. The van der Waals surface area contributed by atoms with Crippen LogP contribution in [0, 0.1) is 5.41 Å². The first-order valence-electron chi connectivity index (χ1n) is 5.63. The Bertz CT molecular complexity index is 356. The van der Waals surface area contributed by atoms with E-state index in [9.17, 15) is 0 Å². The van der Waals surface area contributed by atoms with Gasteiger partial charge in [0.2, 0.25) is 0 Å². The van der Waals surface area contributed by atoms with Gasteiger partial charge >= 0.3 is 0 Å². The predicted octanol–water partition coefficient (Wildman–Crippen LogP) is 3.08. The van der Waals surface area contributed by atoms with Crippen molar-refractivity contribution in [1.29, 1.82) is 0 Å². The van der Waals surface area contributed by atoms with Crippen molar-refractivity contribution in [2.24, 2.45) is 11.1 Å². The van der Waals surface area contributed by atoms with E-state index in [1.54, 1.807) is 0 Å². The summed E-state index contributed by atoms with van der Waals surface area (Å²) in [5.74, 6) is 0.919. The number of rotatable bonds is 5. The summed E-state index contributed by atoms with van der Waals surface area (Å²) < 4.78 is 5.81. The van der Waals surface area contributed by atoms with Gasteiger partial charge in [0.1, 0.15) is 5.75 Å². The van der Waals surface area contributed by atoms with E-state index in [0.717, 1.165) is 11.3 Å². The van der Waals surface area contributed by atoms with E-state index in [0.29, 0.717) is 13.2 Å². The zero-order valence-corrected chi connectivity index (χ0v) is 10.4. The number of hydrogen-bond donors (Lipinski definition) is 1. The standard InChI is InChI=1S/C14H21NO/c1-4-7-12-8-5-6-9-13(12)16-11-14(2,3)10-15/h4-9H,10-11,15H2,1-3H3. The Kier molecular flexibility index (Phi) is 4.56. The van der Waals surface area contributed by atoms with Crippen molar-refractivity contribution >= 4 is 6.08 Å². The van der Waals surface area contributed by atoms with Crippen molar-refractivity contribution in [2.45, 2.75) is 20.8 Å². The summed E-state index contributed by atoms with van der Waals surface area (Å²) in [7, 11) is 0. The number of hydrogen-bond acceptors (Lipinski definition) is 2. The Morgan fingerprint density at radius 2 is 2.00 bits per heavy atom. The van der Waals surface area contributed by atoms with Crippen LogP contribution in [0.5, 0.6) is 5.75 Å². The number of allylic oxidation sites excluding steroid dienone is 1.